The van der Waals surface area contributed by atoms with Gasteiger partial charge in [0.25, 0.3) is 5.91 Å². The van der Waals surface area contributed by atoms with Crippen LogP contribution in [0.5, 0.6) is 0 Å². The molecule has 2 aromatic rings. The number of benzene rings is 1. The third kappa shape index (κ3) is 5.13. The molecule has 0 spiro atoms. The predicted octanol–water partition coefficient (Wildman–Crippen LogP) is 4.19. The number of thiazole rings is 1. The smallest absolute Gasteiger partial charge is 0.263 e. The predicted molar refractivity (Wildman–Crippen MR) is 104 cm³/mol. The van der Waals surface area contributed by atoms with E-state index in [4.69, 9.17) is 0 Å². The van der Waals surface area contributed by atoms with E-state index in [2.05, 4.69) is 22.2 Å². The SMILES string of the molecule is CN(CCCNC(=O)c1cnc(-c2ccccc2)s1)C1CCCCC1. The van der Waals surface area contributed by atoms with Crippen LogP contribution in [0.4, 0.5) is 0 Å². The summed E-state index contributed by atoms with van der Waals surface area (Å²) < 4.78 is 0. The van der Waals surface area contributed by atoms with Crippen molar-refractivity contribution >= 4 is 17.2 Å². The van der Waals surface area contributed by atoms with Gasteiger partial charge in [0.15, 0.2) is 0 Å². The van der Waals surface area contributed by atoms with Gasteiger partial charge >= 0.3 is 0 Å². The largest absolute Gasteiger partial charge is 0.351 e. The molecule has 1 aromatic heterocycles. The van der Waals surface area contributed by atoms with Crippen molar-refractivity contribution in [3.63, 3.8) is 0 Å². The quantitative estimate of drug-likeness (QED) is 0.756. The zero-order chi connectivity index (χ0) is 17.5. The molecule has 1 saturated carbocycles. The first-order valence-corrected chi connectivity index (χ1v) is 10.1. The summed E-state index contributed by atoms with van der Waals surface area (Å²) in [4.78, 5) is 19.8. The van der Waals surface area contributed by atoms with Crippen LogP contribution in [0.25, 0.3) is 10.6 Å². The summed E-state index contributed by atoms with van der Waals surface area (Å²) in [5.41, 5.74) is 1.06. The van der Waals surface area contributed by atoms with Gasteiger partial charge in [0.2, 0.25) is 0 Å². The molecule has 1 N–H and O–H groups in total. The molecule has 4 nitrogen and oxygen atoms in total. The summed E-state index contributed by atoms with van der Waals surface area (Å²) in [6, 6.07) is 10.7. The maximum Gasteiger partial charge on any atom is 0.263 e. The number of rotatable bonds is 7. The van der Waals surface area contributed by atoms with E-state index in [1.807, 2.05) is 30.3 Å². The van der Waals surface area contributed by atoms with Crippen molar-refractivity contribution in [1.29, 1.82) is 0 Å². The zero-order valence-electron chi connectivity index (χ0n) is 14.9. The fourth-order valence-corrected chi connectivity index (χ4v) is 4.25. The minimum atomic E-state index is -0.0139. The molecule has 1 aliphatic carbocycles. The van der Waals surface area contributed by atoms with E-state index < -0.39 is 0 Å². The Balaban J connectivity index is 1.41. The number of carbonyl (C=O) groups is 1. The van der Waals surface area contributed by atoms with Crippen molar-refractivity contribution in [2.75, 3.05) is 20.1 Å². The molecule has 25 heavy (non-hydrogen) atoms. The van der Waals surface area contributed by atoms with Crippen molar-refractivity contribution in [3.8, 4) is 10.6 Å². The van der Waals surface area contributed by atoms with Gasteiger partial charge in [-0.2, -0.15) is 0 Å². The molecule has 0 saturated heterocycles. The molecular weight excluding hydrogens is 330 g/mol. The number of hydrogen-bond donors (Lipinski definition) is 1. The van der Waals surface area contributed by atoms with E-state index in [0.717, 1.165) is 29.6 Å². The fourth-order valence-electron chi connectivity index (χ4n) is 3.42. The highest BCUT2D eigenvalue weighted by atomic mass is 32.1. The van der Waals surface area contributed by atoms with Crippen LogP contribution < -0.4 is 5.32 Å². The standard InChI is InChI=1S/C20H27N3OS/c1-23(17-11-6-3-7-12-17)14-8-13-21-19(24)18-15-22-20(25-18)16-9-4-2-5-10-16/h2,4-5,9-10,15,17H,3,6-8,11-14H2,1H3,(H,21,24). The van der Waals surface area contributed by atoms with Crippen molar-refractivity contribution in [2.45, 2.75) is 44.6 Å². The van der Waals surface area contributed by atoms with E-state index in [-0.39, 0.29) is 5.91 Å². The normalized spacial score (nSPS) is 15.4. The molecule has 1 fully saturated rings. The Hall–Kier alpha value is -1.72. The van der Waals surface area contributed by atoms with Gasteiger partial charge in [0.1, 0.15) is 9.88 Å². The lowest BCUT2D eigenvalue weighted by Gasteiger charge is -2.31. The summed E-state index contributed by atoms with van der Waals surface area (Å²) in [5, 5.41) is 3.92. The Bertz CT molecular complexity index is 665. The molecule has 1 aromatic carbocycles. The number of nitrogens with one attached hydrogen (secondary N) is 1. The molecule has 0 aliphatic heterocycles. The van der Waals surface area contributed by atoms with Gasteiger partial charge in [-0.05, 0) is 32.9 Å². The van der Waals surface area contributed by atoms with E-state index in [1.54, 1.807) is 6.20 Å². The maximum atomic E-state index is 12.3. The molecule has 5 heteroatoms. The summed E-state index contributed by atoms with van der Waals surface area (Å²) >= 11 is 1.45. The van der Waals surface area contributed by atoms with Gasteiger partial charge in [-0.3, -0.25) is 4.79 Å². The van der Waals surface area contributed by atoms with Gasteiger partial charge in [0, 0.05) is 18.2 Å². The highest BCUT2D eigenvalue weighted by molar-refractivity contribution is 7.16. The molecule has 1 amide bonds. The van der Waals surface area contributed by atoms with Crippen molar-refractivity contribution in [2.24, 2.45) is 0 Å². The monoisotopic (exact) mass is 357 g/mol. The van der Waals surface area contributed by atoms with Crippen LogP contribution in [0.1, 0.15) is 48.2 Å². The summed E-state index contributed by atoms with van der Waals surface area (Å²) in [6.07, 6.45) is 9.43. The number of carbonyl (C=O) groups excluding carboxylic acids is 1. The van der Waals surface area contributed by atoms with Crippen LogP contribution in [0.15, 0.2) is 36.5 Å². The van der Waals surface area contributed by atoms with Gasteiger partial charge in [-0.1, -0.05) is 49.6 Å². The first kappa shape index (κ1) is 18.1. The summed E-state index contributed by atoms with van der Waals surface area (Å²) in [5.74, 6) is -0.0139. The molecule has 3 rings (SSSR count). The van der Waals surface area contributed by atoms with Crippen LogP contribution in [-0.2, 0) is 0 Å². The van der Waals surface area contributed by atoms with Crippen LogP contribution in [0.3, 0.4) is 0 Å². The van der Waals surface area contributed by atoms with Crippen molar-refractivity contribution in [1.82, 2.24) is 15.2 Å². The van der Waals surface area contributed by atoms with Crippen LogP contribution >= 0.6 is 11.3 Å². The van der Waals surface area contributed by atoms with Gasteiger partial charge < -0.3 is 10.2 Å². The Morgan fingerprint density at radius 1 is 1.24 bits per heavy atom. The number of nitrogens with zero attached hydrogens (tertiary/aromatic N) is 2. The van der Waals surface area contributed by atoms with Gasteiger partial charge in [-0.25, -0.2) is 4.98 Å². The molecule has 0 atom stereocenters. The van der Waals surface area contributed by atoms with Crippen LogP contribution in [0, 0.1) is 0 Å². The molecule has 1 heterocycles. The average molecular weight is 358 g/mol. The first-order valence-electron chi connectivity index (χ1n) is 9.24. The molecular formula is C20H27N3OS. The van der Waals surface area contributed by atoms with E-state index in [1.165, 1.54) is 43.4 Å². The molecule has 0 unspecified atom stereocenters. The third-order valence-corrected chi connectivity index (χ3v) is 5.97. The molecule has 0 radical (unpaired) electrons. The first-order chi connectivity index (χ1) is 12.2. The average Bonchev–Trinajstić information content (AvgIpc) is 3.16. The van der Waals surface area contributed by atoms with Crippen molar-refractivity contribution < 1.29 is 4.79 Å². The number of aromatic nitrogens is 1. The molecule has 1 aliphatic rings. The molecule has 0 bridgehead atoms. The summed E-state index contributed by atoms with van der Waals surface area (Å²) in [6.45, 7) is 1.76. The second kappa shape index (κ2) is 9.11. The second-order valence-corrected chi connectivity index (χ2v) is 7.81. The lowest BCUT2D eigenvalue weighted by molar-refractivity contribution is 0.0954. The second-order valence-electron chi connectivity index (χ2n) is 6.78. The highest BCUT2D eigenvalue weighted by Gasteiger charge is 2.17. The fraction of sp³-hybridized carbons (Fsp3) is 0.500. The number of amides is 1. The lowest BCUT2D eigenvalue weighted by atomic mass is 9.94. The minimum absolute atomic E-state index is 0.0139. The highest BCUT2D eigenvalue weighted by Crippen LogP contribution is 2.24. The Kier molecular flexibility index (Phi) is 6.59. The van der Waals surface area contributed by atoms with E-state index >= 15 is 0 Å². The summed E-state index contributed by atoms with van der Waals surface area (Å²) in [7, 11) is 2.22. The van der Waals surface area contributed by atoms with E-state index in [9.17, 15) is 4.79 Å². The molecule has 134 valence electrons. The van der Waals surface area contributed by atoms with Gasteiger partial charge in [0.05, 0.1) is 6.20 Å². The maximum absolute atomic E-state index is 12.3. The van der Waals surface area contributed by atoms with E-state index in [0.29, 0.717) is 11.4 Å². The lowest BCUT2D eigenvalue weighted by Crippen LogP contribution is -2.35. The van der Waals surface area contributed by atoms with Gasteiger partial charge in [-0.15, -0.1) is 11.3 Å². The Morgan fingerprint density at radius 2 is 2.00 bits per heavy atom. The van der Waals surface area contributed by atoms with Crippen LogP contribution in [0.2, 0.25) is 0 Å². The third-order valence-electron chi connectivity index (χ3n) is 4.92. The number of hydrogen-bond acceptors (Lipinski definition) is 4. The van der Waals surface area contributed by atoms with Crippen LogP contribution in [-0.4, -0.2) is 42.0 Å². The minimum Gasteiger partial charge on any atom is -0.351 e. The Labute approximate surface area is 154 Å². The Morgan fingerprint density at radius 3 is 2.76 bits per heavy atom. The van der Waals surface area contributed by atoms with Crippen molar-refractivity contribution in [3.05, 3.63) is 41.4 Å². The zero-order valence-corrected chi connectivity index (χ0v) is 15.7. The topological polar surface area (TPSA) is 45.2 Å².